The summed E-state index contributed by atoms with van der Waals surface area (Å²) in [6.45, 7) is 4.35. The predicted molar refractivity (Wildman–Crippen MR) is 170 cm³/mol. The minimum Gasteiger partial charge on any atom is -0.428 e. The number of nitrogens with zero attached hydrogens (tertiary/aromatic N) is 4. The Balaban J connectivity index is 1.22. The van der Waals surface area contributed by atoms with Gasteiger partial charge in [0.15, 0.2) is 5.82 Å². The van der Waals surface area contributed by atoms with E-state index in [2.05, 4.69) is 25.2 Å². The molecule has 2 aromatic heterocycles. The van der Waals surface area contributed by atoms with Crippen LogP contribution in [0.3, 0.4) is 0 Å². The maximum atomic E-state index is 13.5. The number of amides is 3. The summed E-state index contributed by atoms with van der Waals surface area (Å²) in [5, 5.41) is 10.4. The van der Waals surface area contributed by atoms with Crippen LogP contribution < -0.4 is 15.2 Å². The molecule has 4 aromatic rings. The highest BCUT2D eigenvalue weighted by Crippen LogP contribution is 2.37. The minimum atomic E-state index is -4.72. The molecule has 252 valence electrons. The fraction of sp³-hybridized carbons (Fsp3) is 0.290. The number of anilines is 2. The second kappa shape index (κ2) is 14.2. The molecule has 1 aliphatic rings. The second-order valence-electron chi connectivity index (χ2n) is 11.0. The summed E-state index contributed by atoms with van der Waals surface area (Å²) in [4.78, 5) is 74.2. The predicted octanol–water partition coefficient (Wildman–Crippen LogP) is 3.80. The number of aryl methyl sites for hydroxylation is 2. The Kier molecular flexibility index (Phi) is 10.1. The Bertz CT molecular complexity index is 1920. The van der Waals surface area contributed by atoms with Crippen LogP contribution in [-0.4, -0.2) is 72.5 Å². The van der Waals surface area contributed by atoms with E-state index < -0.39 is 32.6 Å². The van der Waals surface area contributed by atoms with Crippen LogP contribution in [0.15, 0.2) is 55.0 Å². The summed E-state index contributed by atoms with van der Waals surface area (Å²) in [5.74, 6) is -1.29. The number of hydrogen-bond acceptors (Lipinski definition) is 11. The van der Waals surface area contributed by atoms with Crippen LogP contribution in [0, 0.1) is 13.8 Å². The first-order valence-electron chi connectivity index (χ1n) is 14.8. The third kappa shape index (κ3) is 8.34. The summed E-state index contributed by atoms with van der Waals surface area (Å²) in [6.07, 6.45) is 3.46. The van der Waals surface area contributed by atoms with Crippen molar-refractivity contribution in [2.24, 2.45) is 0 Å². The topological polar surface area (TPSA) is 211 Å². The van der Waals surface area contributed by atoms with E-state index in [1.54, 1.807) is 26.0 Å². The average molecular weight is 681 g/mol. The molecule has 0 saturated heterocycles. The molecule has 48 heavy (non-hydrogen) atoms. The van der Waals surface area contributed by atoms with Gasteiger partial charge in [0.05, 0.1) is 12.0 Å². The number of carbonyl (C=O) groups is 4. The third-order valence-corrected chi connectivity index (χ3v) is 7.85. The molecule has 0 spiro atoms. The Hall–Kier alpha value is -5.31. The van der Waals surface area contributed by atoms with Gasteiger partial charge < -0.3 is 24.6 Å². The van der Waals surface area contributed by atoms with Crippen LogP contribution in [0.2, 0.25) is 0 Å². The molecular formula is C31H33N6O10P. The number of ether oxygens (including phenoxy) is 2. The Morgan fingerprint density at radius 2 is 1.79 bits per heavy atom. The quantitative estimate of drug-likeness (QED) is 0.0954. The second-order valence-corrected chi connectivity index (χ2v) is 12.1. The lowest BCUT2D eigenvalue weighted by Gasteiger charge is -2.18. The molecule has 0 atom stereocenters. The zero-order valence-electron chi connectivity index (χ0n) is 26.2. The molecule has 3 amide bonds. The van der Waals surface area contributed by atoms with Crippen molar-refractivity contribution in [3.63, 3.8) is 0 Å². The molecule has 1 saturated carbocycles. The first kappa shape index (κ1) is 34.0. The van der Waals surface area contributed by atoms with E-state index >= 15 is 0 Å². The SMILES string of the molecule is CCN(C(=O)OCOC(=O)Cc1ccc(OP(=O)(O)O)cc1)C(=O)c1cn2ncnc(Nc3cc(C(=O)NC4CC4)ccc3C)c2c1C. The number of phosphoric acid groups is 1. The maximum Gasteiger partial charge on any atom is 0.524 e. The van der Waals surface area contributed by atoms with Gasteiger partial charge in [-0.25, -0.2) is 23.8 Å². The smallest absolute Gasteiger partial charge is 0.428 e. The third-order valence-electron chi connectivity index (χ3n) is 7.40. The van der Waals surface area contributed by atoms with E-state index in [1.807, 2.05) is 13.0 Å². The molecule has 2 aromatic carbocycles. The number of rotatable bonds is 12. The maximum absolute atomic E-state index is 13.5. The van der Waals surface area contributed by atoms with Crippen molar-refractivity contribution in [1.82, 2.24) is 24.8 Å². The number of esters is 1. The van der Waals surface area contributed by atoms with Gasteiger partial charge in [-0.3, -0.25) is 24.2 Å². The molecule has 16 nitrogen and oxygen atoms in total. The number of aromatic nitrogens is 3. The molecule has 5 rings (SSSR count). The van der Waals surface area contributed by atoms with Gasteiger partial charge >= 0.3 is 19.9 Å². The molecule has 17 heteroatoms. The van der Waals surface area contributed by atoms with Gasteiger partial charge in [-0.1, -0.05) is 18.2 Å². The van der Waals surface area contributed by atoms with Crippen molar-refractivity contribution < 1.29 is 47.5 Å². The molecule has 1 fully saturated rings. The summed E-state index contributed by atoms with van der Waals surface area (Å²) >= 11 is 0. The van der Waals surface area contributed by atoms with Crippen LogP contribution >= 0.6 is 7.82 Å². The molecule has 0 bridgehead atoms. The lowest BCUT2D eigenvalue weighted by Crippen LogP contribution is -2.37. The highest BCUT2D eigenvalue weighted by Gasteiger charge is 2.28. The fourth-order valence-corrected chi connectivity index (χ4v) is 5.13. The number of hydrogen-bond donors (Lipinski definition) is 4. The number of imide groups is 1. The molecular weight excluding hydrogens is 647 g/mol. The van der Waals surface area contributed by atoms with Gasteiger partial charge in [-0.2, -0.15) is 5.10 Å². The average Bonchev–Trinajstić information content (AvgIpc) is 3.78. The van der Waals surface area contributed by atoms with E-state index in [4.69, 9.17) is 19.3 Å². The van der Waals surface area contributed by atoms with E-state index in [0.29, 0.717) is 33.7 Å². The number of carbonyl (C=O) groups excluding carboxylic acids is 4. The lowest BCUT2D eigenvalue weighted by atomic mass is 10.1. The summed E-state index contributed by atoms with van der Waals surface area (Å²) in [5.41, 5.74) is 3.58. The van der Waals surface area contributed by atoms with Gasteiger partial charge in [0.1, 0.15) is 17.6 Å². The standard InChI is InChI=1S/C31H33N6O10P/c1-4-36(31(41)46-17-45-26(38)13-20-6-11-23(12-7-20)47-48(42,43)44)30(40)24-15-37-27(19(24)3)28(32-16-33-37)35-25-14-21(8-5-18(25)2)29(39)34-22-9-10-22/h5-8,11-12,14-16,22H,4,9-10,13,17H2,1-3H3,(H,34,39)(H,32,33,35)(H2,42,43,44). The van der Waals surface area contributed by atoms with Gasteiger partial charge in [0.2, 0.25) is 6.79 Å². The zero-order chi connectivity index (χ0) is 34.6. The molecule has 4 N–H and O–H groups in total. The van der Waals surface area contributed by atoms with Crippen molar-refractivity contribution in [2.45, 2.75) is 46.1 Å². The summed E-state index contributed by atoms with van der Waals surface area (Å²) in [6, 6.07) is 10.9. The normalized spacial score (nSPS) is 12.7. The zero-order valence-corrected chi connectivity index (χ0v) is 27.1. The molecule has 0 aliphatic heterocycles. The monoisotopic (exact) mass is 680 g/mol. The molecule has 1 aliphatic carbocycles. The molecule has 0 unspecified atom stereocenters. The number of fused-ring (bicyclic) bond motifs is 1. The van der Waals surface area contributed by atoms with Crippen molar-refractivity contribution >= 4 is 48.7 Å². The van der Waals surface area contributed by atoms with E-state index in [9.17, 15) is 23.7 Å². The highest BCUT2D eigenvalue weighted by atomic mass is 31.2. The highest BCUT2D eigenvalue weighted by molar-refractivity contribution is 7.46. The first-order valence-corrected chi connectivity index (χ1v) is 16.4. The van der Waals surface area contributed by atoms with Crippen molar-refractivity contribution in [3.8, 4) is 5.75 Å². The summed E-state index contributed by atoms with van der Waals surface area (Å²) < 4.78 is 26.9. The lowest BCUT2D eigenvalue weighted by molar-refractivity contribution is -0.151. The summed E-state index contributed by atoms with van der Waals surface area (Å²) in [7, 11) is -4.72. The van der Waals surface area contributed by atoms with Gasteiger partial charge in [-0.05, 0) is 74.6 Å². The largest absolute Gasteiger partial charge is 0.524 e. The van der Waals surface area contributed by atoms with Crippen LogP contribution in [0.5, 0.6) is 5.75 Å². The molecule has 0 radical (unpaired) electrons. The van der Waals surface area contributed by atoms with Gasteiger partial charge in [-0.15, -0.1) is 0 Å². The van der Waals surface area contributed by atoms with Crippen LogP contribution in [0.4, 0.5) is 16.3 Å². The van der Waals surface area contributed by atoms with Crippen LogP contribution in [0.25, 0.3) is 5.52 Å². The Labute approximate surface area is 274 Å². The van der Waals surface area contributed by atoms with Crippen LogP contribution in [-0.2, 0) is 25.3 Å². The van der Waals surface area contributed by atoms with Crippen molar-refractivity contribution in [3.05, 3.63) is 82.8 Å². The first-order chi connectivity index (χ1) is 22.8. The number of phosphoric ester groups is 1. The number of benzene rings is 2. The van der Waals surface area contributed by atoms with E-state index in [-0.39, 0.29) is 36.2 Å². The minimum absolute atomic E-state index is 0.0496. The van der Waals surface area contributed by atoms with E-state index in [1.165, 1.54) is 41.3 Å². The Morgan fingerprint density at radius 3 is 2.46 bits per heavy atom. The van der Waals surface area contributed by atoms with E-state index in [0.717, 1.165) is 23.3 Å². The van der Waals surface area contributed by atoms with Crippen molar-refractivity contribution in [1.29, 1.82) is 0 Å². The van der Waals surface area contributed by atoms with Crippen molar-refractivity contribution in [2.75, 3.05) is 18.7 Å². The fourth-order valence-electron chi connectivity index (χ4n) is 4.74. The molecule has 2 heterocycles. The Morgan fingerprint density at radius 1 is 1.06 bits per heavy atom. The number of nitrogens with one attached hydrogen (secondary N) is 2. The van der Waals surface area contributed by atoms with Gasteiger partial charge in [0, 0.05) is 30.0 Å². The van der Waals surface area contributed by atoms with Gasteiger partial charge in [0.25, 0.3) is 11.8 Å². The van der Waals surface area contributed by atoms with Crippen LogP contribution in [0.1, 0.15) is 57.2 Å².